The fourth-order valence-electron chi connectivity index (χ4n) is 2.22. The van der Waals surface area contributed by atoms with E-state index in [1.165, 1.54) is 0 Å². The molecule has 0 aromatic heterocycles. The molecule has 0 aliphatic carbocycles. The first-order chi connectivity index (χ1) is 10.3. The van der Waals surface area contributed by atoms with Crippen LogP contribution in [0.2, 0.25) is 0 Å². The Balaban J connectivity index is 1.56. The number of hydrogen-bond acceptors (Lipinski definition) is 4. The average Bonchev–Trinajstić information content (AvgIpc) is 3.01. The number of likely N-dealkylation sites (N-methyl/N-ethyl adjacent to an activating group) is 1. The lowest BCUT2D eigenvalue weighted by molar-refractivity contribution is -0.129. The van der Waals surface area contributed by atoms with Crippen LogP contribution in [-0.4, -0.2) is 56.8 Å². The molecule has 5 nitrogen and oxygen atoms in total. The Morgan fingerprint density at radius 3 is 2.95 bits per heavy atom. The van der Waals surface area contributed by atoms with E-state index in [2.05, 4.69) is 5.32 Å². The van der Waals surface area contributed by atoms with Crippen LogP contribution >= 0.6 is 0 Å². The molecule has 2 rings (SSSR count). The average molecular weight is 292 g/mol. The standard InChI is InChI=1S/C16H24N2O3/c1-18(9-11-21-14-6-3-2-4-7-14)16(19)13-17-12-15-8-5-10-20-15/h2-4,6-7,15,17H,5,8-13H2,1H3. The second-order valence-corrected chi connectivity index (χ2v) is 5.24. The Labute approximate surface area is 126 Å². The first kappa shape index (κ1) is 15.8. The number of rotatable bonds is 8. The van der Waals surface area contributed by atoms with Gasteiger partial charge in [0.2, 0.25) is 5.91 Å². The molecule has 1 N–H and O–H groups in total. The Morgan fingerprint density at radius 1 is 1.43 bits per heavy atom. The Morgan fingerprint density at radius 2 is 2.24 bits per heavy atom. The van der Waals surface area contributed by atoms with Gasteiger partial charge < -0.3 is 19.7 Å². The zero-order valence-corrected chi connectivity index (χ0v) is 12.6. The van der Waals surface area contributed by atoms with E-state index in [1.54, 1.807) is 11.9 Å². The number of nitrogens with one attached hydrogen (secondary N) is 1. The molecular formula is C16H24N2O3. The summed E-state index contributed by atoms with van der Waals surface area (Å²) in [4.78, 5) is 13.6. The molecule has 1 aliphatic heterocycles. The predicted molar refractivity (Wildman–Crippen MR) is 81.4 cm³/mol. The molecule has 1 aromatic rings. The van der Waals surface area contributed by atoms with Gasteiger partial charge in [-0.1, -0.05) is 18.2 Å². The second-order valence-electron chi connectivity index (χ2n) is 5.24. The van der Waals surface area contributed by atoms with Crippen LogP contribution in [-0.2, 0) is 9.53 Å². The van der Waals surface area contributed by atoms with Gasteiger partial charge in [-0.15, -0.1) is 0 Å². The molecule has 0 saturated carbocycles. The third kappa shape index (κ3) is 5.73. The highest BCUT2D eigenvalue weighted by Gasteiger charge is 2.15. The van der Waals surface area contributed by atoms with Crippen LogP contribution in [0.1, 0.15) is 12.8 Å². The first-order valence-electron chi connectivity index (χ1n) is 7.50. The van der Waals surface area contributed by atoms with E-state index in [0.29, 0.717) is 19.7 Å². The zero-order chi connectivity index (χ0) is 14.9. The van der Waals surface area contributed by atoms with Crippen molar-refractivity contribution in [2.75, 3.05) is 39.9 Å². The number of carbonyl (C=O) groups excluding carboxylic acids is 1. The molecule has 1 unspecified atom stereocenters. The smallest absolute Gasteiger partial charge is 0.236 e. The van der Waals surface area contributed by atoms with Crippen LogP contribution < -0.4 is 10.1 Å². The third-order valence-corrected chi connectivity index (χ3v) is 3.54. The fourth-order valence-corrected chi connectivity index (χ4v) is 2.22. The van der Waals surface area contributed by atoms with Gasteiger partial charge in [0, 0.05) is 20.2 Å². The van der Waals surface area contributed by atoms with Crippen LogP contribution in [0.15, 0.2) is 30.3 Å². The molecule has 1 fully saturated rings. The highest BCUT2D eigenvalue weighted by molar-refractivity contribution is 5.77. The molecule has 1 aliphatic rings. The molecule has 1 aromatic carbocycles. The quantitative estimate of drug-likeness (QED) is 0.784. The van der Waals surface area contributed by atoms with Crippen LogP contribution in [0.3, 0.4) is 0 Å². The number of para-hydroxylation sites is 1. The molecule has 21 heavy (non-hydrogen) atoms. The van der Waals surface area contributed by atoms with Gasteiger partial charge in [0.1, 0.15) is 12.4 Å². The highest BCUT2D eigenvalue weighted by Crippen LogP contribution is 2.10. The number of benzene rings is 1. The van der Waals surface area contributed by atoms with E-state index in [1.807, 2.05) is 30.3 Å². The Hall–Kier alpha value is -1.59. The minimum Gasteiger partial charge on any atom is -0.492 e. The van der Waals surface area contributed by atoms with Crippen LogP contribution in [0.25, 0.3) is 0 Å². The maximum absolute atomic E-state index is 11.9. The van der Waals surface area contributed by atoms with E-state index in [4.69, 9.17) is 9.47 Å². The molecule has 0 radical (unpaired) electrons. The summed E-state index contributed by atoms with van der Waals surface area (Å²) in [6.07, 6.45) is 2.48. The third-order valence-electron chi connectivity index (χ3n) is 3.54. The van der Waals surface area contributed by atoms with Gasteiger partial charge in [-0.25, -0.2) is 0 Å². The van der Waals surface area contributed by atoms with Crippen molar-refractivity contribution in [1.82, 2.24) is 10.2 Å². The van der Waals surface area contributed by atoms with Gasteiger partial charge in [0.25, 0.3) is 0 Å². The normalized spacial score (nSPS) is 17.7. The van der Waals surface area contributed by atoms with E-state index in [0.717, 1.165) is 31.7 Å². The van der Waals surface area contributed by atoms with E-state index in [-0.39, 0.29) is 12.0 Å². The number of amides is 1. The summed E-state index contributed by atoms with van der Waals surface area (Å²) in [5.41, 5.74) is 0. The second kappa shape index (κ2) is 8.64. The van der Waals surface area contributed by atoms with Gasteiger partial charge >= 0.3 is 0 Å². The Kier molecular flexibility index (Phi) is 6.50. The van der Waals surface area contributed by atoms with Crippen molar-refractivity contribution in [3.8, 4) is 5.75 Å². The maximum Gasteiger partial charge on any atom is 0.236 e. The summed E-state index contributed by atoms with van der Waals surface area (Å²) < 4.78 is 11.1. The molecule has 0 bridgehead atoms. The first-order valence-corrected chi connectivity index (χ1v) is 7.50. The molecule has 1 heterocycles. The lowest BCUT2D eigenvalue weighted by Gasteiger charge is -2.18. The SMILES string of the molecule is CN(CCOc1ccccc1)C(=O)CNCC1CCCO1. The lowest BCUT2D eigenvalue weighted by atomic mass is 10.2. The largest absolute Gasteiger partial charge is 0.492 e. The van der Waals surface area contributed by atoms with Crippen molar-refractivity contribution in [3.63, 3.8) is 0 Å². The summed E-state index contributed by atoms with van der Waals surface area (Å²) in [5.74, 6) is 0.902. The minimum absolute atomic E-state index is 0.0738. The number of hydrogen-bond donors (Lipinski definition) is 1. The molecule has 1 saturated heterocycles. The van der Waals surface area contributed by atoms with Gasteiger partial charge in [0.15, 0.2) is 0 Å². The van der Waals surface area contributed by atoms with Crippen molar-refractivity contribution < 1.29 is 14.3 Å². The number of nitrogens with zero attached hydrogens (tertiary/aromatic N) is 1. The Bertz CT molecular complexity index is 419. The molecule has 116 valence electrons. The highest BCUT2D eigenvalue weighted by atomic mass is 16.5. The molecule has 0 spiro atoms. The molecule has 1 amide bonds. The fraction of sp³-hybridized carbons (Fsp3) is 0.562. The van der Waals surface area contributed by atoms with E-state index < -0.39 is 0 Å². The van der Waals surface area contributed by atoms with Crippen molar-refractivity contribution in [2.45, 2.75) is 18.9 Å². The summed E-state index contributed by atoms with van der Waals surface area (Å²) in [6.45, 7) is 3.02. The van der Waals surface area contributed by atoms with Gasteiger partial charge in [-0.3, -0.25) is 4.79 Å². The number of carbonyl (C=O) groups is 1. The van der Waals surface area contributed by atoms with Crippen LogP contribution in [0, 0.1) is 0 Å². The van der Waals surface area contributed by atoms with Crippen molar-refractivity contribution in [1.29, 1.82) is 0 Å². The van der Waals surface area contributed by atoms with Crippen molar-refractivity contribution in [3.05, 3.63) is 30.3 Å². The number of ether oxygens (including phenoxy) is 2. The van der Waals surface area contributed by atoms with Crippen molar-refractivity contribution in [2.24, 2.45) is 0 Å². The van der Waals surface area contributed by atoms with Gasteiger partial charge in [-0.2, -0.15) is 0 Å². The topological polar surface area (TPSA) is 50.8 Å². The van der Waals surface area contributed by atoms with Crippen molar-refractivity contribution >= 4 is 5.91 Å². The van der Waals surface area contributed by atoms with Crippen LogP contribution in [0.5, 0.6) is 5.75 Å². The summed E-state index contributed by atoms with van der Waals surface area (Å²) in [7, 11) is 1.80. The van der Waals surface area contributed by atoms with Gasteiger partial charge in [-0.05, 0) is 25.0 Å². The van der Waals surface area contributed by atoms with Gasteiger partial charge in [0.05, 0.1) is 19.2 Å². The molecule has 1 atom stereocenters. The molecular weight excluding hydrogens is 268 g/mol. The van der Waals surface area contributed by atoms with Crippen LogP contribution in [0.4, 0.5) is 0 Å². The zero-order valence-electron chi connectivity index (χ0n) is 12.6. The minimum atomic E-state index is 0.0738. The monoisotopic (exact) mass is 292 g/mol. The lowest BCUT2D eigenvalue weighted by Crippen LogP contribution is -2.39. The summed E-state index contributed by atoms with van der Waals surface area (Å²) >= 11 is 0. The summed E-state index contributed by atoms with van der Waals surface area (Å²) in [6, 6.07) is 9.62. The predicted octanol–water partition coefficient (Wildman–Crippen LogP) is 1.29. The molecule has 5 heteroatoms. The van der Waals surface area contributed by atoms with E-state index >= 15 is 0 Å². The summed E-state index contributed by atoms with van der Waals surface area (Å²) in [5, 5.41) is 3.16. The van der Waals surface area contributed by atoms with E-state index in [9.17, 15) is 4.79 Å². The maximum atomic E-state index is 11.9.